The zero-order valence-electron chi connectivity index (χ0n) is 20.9. The summed E-state index contributed by atoms with van der Waals surface area (Å²) in [5.74, 6) is -2.31. The summed E-state index contributed by atoms with van der Waals surface area (Å²) in [7, 11) is 1.59. The van der Waals surface area contributed by atoms with Crippen LogP contribution < -0.4 is 25.8 Å². The van der Waals surface area contributed by atoms with Crippen LogP contribution in [0.1, 0.15) is 25.7 Å². The van der Waals surface area contributed by atoms with Crippen LogP contribution in [0.25, 0.3) is 10.9 Å². The molecule has 1 aromatic carbocycles. The van der Waals surface area contributed by atoms with Crippen LogP contribution in [0.2, 0.25) is 5.02 Å². The van der Waals surface area contributed by atoms with Crippen molar-refractivity contribution in [3.63, 3.8) is 0 Å². The van der Waals surface area contributed by atoms with Crippen LogP contribution >= 0.6 is 11.6 Å². The maximum Gasteiger partial charge on any atom is 0.301 e. The number of pyridine rings is 1. The lowest BCUT2D eigenvalue weighted by Gasteiger charge is -2.32. The van der Waals surface area contributed by atoms with E-state index >= 15 is 0 Å². The summed E-state index contributed by atoms with van der Waals surface area (Å²) in [6.45, 7) is 0.711. The SMILES string of the molecule is Cn1c(=O)c2c(c3cc(Nc4nc(N5CCCC(CO)C5)ncc4Cl)ccc31)NC(C1CC1)C(F)(F)CO2. The third-order valence-electron chi connectivity index (χ3n) is 7.66. The van der Waals surface area contributed by atoms with Crippen molar-refractivity contribution in [3.8, 4) is 5.75 Å². The van der Waals surface area contributed by atoms with Crippen molar-refractivity contribution in [2.24, 2.45) is 18.9 Å². The van der Waals surface area contributed by atoms with E-state index in [0.29, 0.717) is 52.8 Å². The molecule has 6 rings (SSSR count). The Morgan fingerprint density at radius 2 is 2.13 bits per heavy atom. The molecule has 2 atom stereocenters. The minimum Gasteiger partial charge on any atom is -0.480 e. The molecular formula is C26H29ClF2N6O3. The third-order valence-corrected chi connectivity index (χ3v) is 7.94. The number of piperidine rings is 1. The van der Waals surface area contributed by atoms with Gasteiger partial charge in [0.1, 0.15) is 5.02 Å². The molecule has 9 nitrogen and oxygen atoms in total. The summed E-state index contributed by atoms with van der Waals surface area (Å²) in [6, 6.07) is 4.20. The van der Waals surface area contributed by atoms with E-state index in [1.165, 1.54) is 10.8 Å². The van der Waals surface area contributed by atoms with Gasteiger partial charge >= 0.3 is 5.92 Å². The molecule has 2 fully saturated rings. The second kappa shape index (κ2) is 9.53. The van der Waals surface area contributed by atoms with E-state index in [1.54, 1.807) is 25.2 Å². The maximum absolute atomic E-state index is 14.9. The Morgan fingerprint density at radius 3 is 2.89 bits per heavy atom. The number of ether oxygens (including phenoxy) is 1. The first-order valence-electron chi connectivity index (χ1n) is 12.8. The zero-order chi connectivity index (χ0) is 26.6. The van der Waals surface area contributed by atoms with Crippen LogP contribution in [0.4, 0.5) is 31.9 Å². The molecule has 0 amide bonds. The van der Waals surface area contributed by atoms with E-state index in [9.17, 15) is 18.7 Å². The highest BCUT2D eigenvalue weighted by molar-refractivity contribution is 6.32. The van der Waals surface area contributed by atoms with E-state index < -0.39 is 24.1 Å². The van der Waals surface area contributed by atoms with Crippen molar-refractivity contribution < 1.29 is 18.6 Å². The Bertz CT molecular complexity index is 1450. The molecule has 0 radical (unpaired) electrons. The smallest absolute Gasteiger partial charge is 0.301 e. The number of benzene rings is 1. The molecule has 2 aromatic heterocycles. The number of alkyl halides is 2. The molecule has 4 heterocycles. The number of fused-ring (bicyclic) bond motifs is 3. The molecular weight excluding hydrogens is 518 g/mol. The largest absolute Gasteiger partial charge is 0.480 e. The van der Waals surface area contributed by atoms with Gasteiger partial charge in [-0.15, -0.1) is 0 Å². The van der Waals surface area contributed by atoms with Crippen molar-refractivity contribution in [2.75, 3.05) is 41.8 Å². The molecule has 2 aliphatic heterocycles. The summed E-state index contributed by atoms with van der Waals surface area (Å²) in [5, 5.41) is 16.7. The van der Waals surface area contributed by atoms with Gasteiger partial charge in [-0.05, 0) is 55.7 Å². The maximum atomic E-state index is 14.9. The summed E-state index contributed by atoms with van der Waals surface area (Å²) < 4.78 is 36.7. The van der Waals surface area contributed by atoms with Crippen molar-refractivity contribution in [3.05, 3.63) is 39.8 Å². The van der Waals surface area contributed by atoms with Crippen LogP contribution in [-0.2, 0) is 7.05 Å². The second-order valence-electron chi connectivity index (χ2n) is 10.4. The van der Waals surface area contributed by atoms with Gasteiger partial charge in [-0.1, -0.05) is 11.6 Å². The fourth-order valence-electron chi connectivity index (χ4n) is 5.42. The van der Waals surface area contributed by atoms with Crippen LogP contribution in [-0.4, -0.2) is 57.9 Å². The van der Waals surface area contributed by atoms with Crippen molar-refractivity contribution in [1.29, 1.82) is 0 Å². The molecule has 38 heavy (non-hydrogen) atoms. The van der Waals surface area contributed by atoms with Crippen LogP contribution in [0.15, 0.2) is 29.2 Å². The molecule has 12 heteroatoms. The molecule has 1 saturated carbocycles. The summed E-state index contributed by atoms with van der Waals surface area (Å²) in [4.78, 5) is 24.1. The molecule has 202 valence electrons. The number of aromatic nitrogens is 3. The van der Waals surface area contributed by atoms with Crippen molar-refractivity contribution in [1.82, 2.24) is 14.5 Å². The lowest BCUT2D eigenvalue weighted by atomic mass is 9.99. The number of hydrogen-bond acceptors (Lipinski definition) is 8. The van der Waals surface area contributed by atoms with Crippen molar-refractivity contribution >= 4 is 45.6 Å². The zero-order valence-corrected chi connectivity index (χ0v) is 21.6. The van der Waals surface area contributed by atoms with E-state index in [-0.39, 0.29) is 29.9 Å². The third kappa shape index (κ3) is 4.51. The number of aliphatic hydroxyl groups is 1. The van der Waals surface area contributed by atoms with Crippen LogP contribution in [0.5, 0.6) is 5.75 Å². The quantitative estimate of drug-likeness (QED) is 0.438. The molecule has 0 bridgehead atoms. The minimum atomic E-state index is -3.11. The lowest BCUT2D eigenvalue weighted by molar-refractivity contribution is -0.0579. The monoisotopic (exact) mass is 546 g/mol. The Morgan fingerprint density at radius 1 is 1.32 bits per heavy atom. The van der Waals surface area contributed by atoms with Gasteiger partial charge in [-0.3, -0.25) is 4.79 Å². The fourth-order valence-corrected chi connectivity index (χ4v) is 5.55. The molecule has 1 aliphatic carbocycles. The van der Waals surface area contributed by atoms with E-state index in [4.69, 9.17) is 16.3 Å². The molecule has 3 N–H and O–H groups in total. The second-order valence-corrected chi connectivity index (χ2v) is 10.8. The molecule has 3 aromatic rings. The number of anilines is 4. The summed E-state index contributed by atoms with van der Waals surface area (Å²) >= 11 is 6.43. The Hall–Kier alpha value is -3.18. The van der Waals surface area contributed by atoms with Crippen LogP contribution in [0, 0.1) is 11.8 Å². The normalized spacial score (nSPS) is 22.8. The topological polar surface area (TPSA) is 105 Å². The molecule has 3 aliphatic rings. The average molecular weight is 547 g/mol. The summed E-state index contributed by atoms with van der Waals surface area (Å²) in [5.41, 5.74) is 0.989. The molecule has 2 unspecified atom stereocenters. The van der Waals surface area contributed by atoms with Crippen molar-refractivity contribution in [2.45, 2.75) is 37.6 Å². The highest BCUT2D eigenvalue weighted by Gasteiger charge is 2.51. The lowest BCUT2D eigenvalue weighted by Crippen LogP contribution is -2.44. The number of halogens is 3. The first kappa shape index (κ1) is 25.1. The highest BCUT2D eigenvalue weighted by Crippen LogP contribution is 2.45. The number of nitrogens with zero attached hydrogens (tertiary/aromatic N) is 4. The first-order valence-corrected chi connectivity index (χ1v) is 13.2. The molecule has 1 saturated heterocycles. The number of aryl methyl sites for hydroxylation is 1. The van der Waals surface area contributed by atoms with Gasteiger partial charge < -0.3 is 29.9 Å². The minimum absolute atomic E-state index is 0.106. The standard InChI is InChI=1S/C26H29ClF2N6O3/c1-34-19-7-6-16(31-23-18(27)10-30-25(33-23)35-8-2-3-14(11-35)12-36)9-17(19)20-21(24(34)37)38-13-26(28,29)22(32-20)15-4-5-15/h6-7,9-10,14-15,22,32,36H,2-5,8,11-13H2,1H3,(H,30,31,33). The number of hydrogen-bond donors (Lipinski definition) is 3. The fraction of sp³-hybridized carbons (Fsp3) is 0.500. The predicted octanol–water partition coefficient (Wildman–Crippen LogP) is 4.15. The first-order chi connectivity index (χ1) is 18.2. The van der Waals surface area contributed by atoms with Gasteiger partial charge in [0, 0.05) is 37.8 Å². The number of nitrogens with one attached hydrogen (secondary N) is 2. The van der Waals surface area contributed by atoms with E-state index in [0.717, 1.165) is 19.4 Å². The van der Waals surface area contributed by atoms with Gasteiger partial charge in [0.25, 0.3) is 5.56 Å². The van der Waals surface area contributed by atoms with Gasteiger partial charge in [-0.2, -0.15) is 4.98 Å². The number of aliphatic hydroxyl groups excluding tert-OH is 1. The Kier molecular flexibility index (Phi) is 6.30. The van der Waals surface area contributed by atoms with E-state index in [2.05, 4.69) is 20.6 Å². The van der Waals surface area contributed by atoms with Gasteiger partial charge in [0.2, 0.25) is 11.7 Å². The number of rotatable bonds is 5. The average Bonchev–Trinajstić information content (AvgIpc) is 3.76. The summed E-state index contributed by atoms with van der Waals surface area (Å²) in [6.07, 6.45) is 4.85. The van der Waals surface area contributed by atoms with Crippen LogP contribution in [0.3, 0.4) is 0 Å². The highest BCUT2D eigenvalue weighted by atomic mass is 35.5. The molecule has 0 spiro atoms. The van der Waals surface area contributed by atoms with Gasteiger partial charge in [-0.25, -0.2) is 13.8 Å². The van der Waals surface area contributed by atoms with Gasteiger partial charge in [0.05, 0.1) is 23.4 Å². The Balaban J connectivity index is 1.37. The predicted molar refractivity (Wildman–Crippen MR) is 142 cm³/mol. The van der Waals surface area contributed by atoms with E-state index in [1.807, 2.05) is 4.90 Å². The van der Waals surface area contributed by atoms with Gasteiger partial charge in [0.15, 0.2) is 12.4 Å². The Labute approximate surface area is 222 Å².